The zero-order valence-electron chi connectivity index (χ0n) is 12.1. The fourth-order valence-electron chi connectivity index (χ4n) is 2.39. The van der Waals surface area contributed by atoms with Crippen LogP contribution in [0.25, 0.3) is 0 Å². The summed E-state index contributed by atoms with van der Waals surface area (Å²) in [6.45, 7) is 8.54. The highest BCUT2D eigenvalue weighted by atomic mass is 16.5. The summed E-state index contributed by atoms with van der Waals surface area (Å²) in [5.41, 5.74) is 0. The van der Waals surface area contributed by atoms with E-state index in [4.69, 9.17) is 4.74 Å². The van der Waals surface area contributed by atoms with Crippen LogP contribution in [-0.2, 0) is 0 Å². The van der Waals surface area contributed by atoms with Gasteiger partial charge >= 0.3 is 0 Å². The summed E-state index contributed by atoms with van der Waals surface area (Å²) in [6.07, 6.45) is 6.04. The van der Waals surface area contributed by atoms with Crippen molar-refractivity contribution in [2.75, 3.05) is 31.5 Å². The van der Waals surface area contributed by atoms with Crippen molar-refractivity contribution in [1.82, 2.24) is 9.88 Å². The summed E-state index contributed by atoms with van der Waals surface area (Å²) < 4.78 is 5.75. The maximum absolute atomic E-state index is 5.75. The molecule has 1 aromatic heterocycles. The van der Waals surface area contributed by atoms with E-state index in [1.165, 1.54) is 32.4 Å². The Balaban J connectivity index is 1.81. The van der Waals surface area contributed by atoms with E-state index in [1.807, 2.05) is 26.0 Å². The van der Waals surface area contributed by atoms with Gasteiger partial charge in [0.1, 0.15) is 0 Å². The third kappa shape index (κ3) is 4.71. The van der Waals surface area contributed by atoms with Crippen LogP contribution in [0.4, 0.5) is 5.82 Å². The lowest BCUT2D eigenvalue weighted by atomic mass is 10.1. The fraction of sp³-hybridized carbons (Fsp3) is 0.667. The van der Waals surface area contributed by atoms with E-state index < -0.39 is 0 Å². The first-order valence-electron chi connectivity index (χ1n) is 7.33. The van der Waals surface area contributed by atoms with Crippen LogP contribution in [0.2, 0.25) is 0 Å². The second kappa shape index (κ2) is 7.34. The number of nitrogens with zero attached hydrogens (tertiary/aromatic N) is 2. The number of piperidine rings is 1. The molecule has 1 fully saturated rings. The van der Waals surface area contributed by atoms with Crippen LogP contribution in [0.3, 0.4) is 0 Å². The molecule has 0 atom stereocenters. The monoisotopic (exact) mass is 263 g/mol. The number of aromatic nitrogens is 1. The maximum atomic E-state index is 5.75. The van der Waals surface area contributed by atoms with Crippen molar-refractivity contribution in [2.24, 2.45) is 0 Å². The van der Waals surface area contributed by atoms with E-state index in [-0.39, 0.29) is 6.10 Å². The maximum Gasteiger partial charge on any atom is 0.168 e. The van der Waals surface area contributed by atoms with E-state index in [0.29, 0.717) is 0 Å². The fourth-order valence-corrected chi connectivity index (χ4v) is 2.39. The van der Waals surface area contributed by atoms with Gasteiger partial charge < -0.3 is 15.0 Å². The summed E-state index contributed by atoms with van der Waals surface area (Å²) in [7, 11) is 0. The van der Waals surface area contributed by atoms with Crippen LogP contribution in [0, 0.1) is 0 Å². The predicted octanol–water partition coefficient (Wildman–Crippen LogP) is 2.77. The van der Waals surface area contributed by atoms with Gasteiger partial charge in [-0.3, -0.25) is 0 Å². The molecule has 1 aliphatic heterocycles. The van der Waals surface area contributed by atoms with Crippen molar-refractivity contribution in [3.63, 3.8) is 0 Å². The number of anilines is 1. The first kappa shape index (κ1) is 14.1. The van der Waals surface area contributed by atoms with Crippen LogP contribution < -0.4 is 10.1 Å². The molecular weight excluding hydrogens is 238 g/mol. The molecule has 1 aromatic rings. The summed E-state index contributed by atoms with van der Waals surface area (Å²) in [6, 6.07) is 3.88. The molecule has 2 rings (SSSR count). The minimum atomic E-state index is 0.173. The van der Waals surface area contributed by atoms with E-state index >= 15 is 0 Å². The summed E-state index contributed by atoms with van der Waals surface area (Å²) in [5, 5.41) is 3.39. The largest absolute Gasteiger partial charge is 0.487 e. The Morgan fingerprint density at radius 2 is 2.11 bits per heavy atom. The molecule has 19 heavy (non-hydrogen) atoms. The molecule has 2 heterocycles. The highest BCUT2D eigenvalue weighted by molar-refractivity contribution is 5.49. The topological polar surface area (TPSA) is 37.4 Å². The number of pyridine rings is 1. The molecule has 0 aromatic carbocycles. The number of ether oxygens (including phenoxy) is 1. The number of likely N-dealkylation sites (tertiary alicyclic amines) is 1. The molecule has 0 radical (unpaired) electrons. The molecule has 4 heteroatoms. The lowest BCUT2D eigenvalue weighted by Gasteiger charge is -2.26. The van der Waals surface area contributed by atoms with Crippen molar-refractivity contribution in [2.45, 2.75) is 39.2 Å². The molecule has 0 unspecified atom stereocenters. The Hall–Kier alpha value is -1.29. The van der Waals surface area contributed by atoms with Crippen LogP contribution in [0.15, 0.2) is 18.3 Å². The number of hydrogen-bond acceptors (Lipinski definition) is 4. The number of hydrogen-bond donors (Lipinski definition) is 1. The molecule has 0 spiro atoms. The zero-order chi connectivity index (χ0) is 13.5. The average Bonchev–Trinajstić information content (AvgIpc) is 2.41. The third-order valence-electron chi connectivity index (χ3n) is 3.30. The van der Waals surface area contributed by atoms with E-state index in [1.54, 1.807) is 6.20 Å². The Bertz CT molecular complexity index is 375. The Morgan fingerprint density at radius 1 is 1.32 bits per heavy atom. The lowest BCUT2D eigenvalue weighted by molar-refractivity contribution is 0.235. The normalized spacial score (nSPS) is 16.6. The minimum absolute atomic E-state index is 0.173. The van der Waals surface area contributed by atoms with Gasteiger partial charge in [0.05, 0.1) is 6.10 Å². The summed E-state index contributed by atoms with van der Waals surface area (Å²) >= 11 is 0. The number of nitrogens with one attached hydrogen (secondary N) is 1. The second-order valence-electron chi connectivity index (χ2n) is 5.35. The van der Waals surface area contributed by atoms with Gasteiger partial charge in [0.2, 0.25) is 0 Å². The minimum Gasteiger partial charge on any atom is -0.487 e. The molecule has 1 N–H and O–H groups in total. The van der Waals surface area contributed by atoms with E-state index in [9.17, 15) is 0 Å². The van der Waals surface area contributed by atoms with Crippen LogP contribution >= 0.6 is 0 Å². The quantitative estimate of drug-likeness (QED) is 0.856. The highest BCUT2D eigenvalue weighted by Crippen LogP contribution is 2.21. The molecule has 1 aliphatic rings. The lowest BCUT2D eigenvalue weighted by Crippen LogP contribution is -2.33. The predicted molar refractivity (Wildman–Crippen MR) is 78.8 cm³/mol. The second-order valence-corrected chi connectivity index (χ2v) is 5.35. The van der Waals surface area contributed by atoms with Gasteiger partial charge in [0.15, 0.2) is 11.6 Å². The van der Waals surface area contributed by atoms with Gasteiger partial charge in [-0.1, -0.05) is 6.42 Å². The van der Waals surface area contributed by atoms with E-state index in [2.05, 4.69) is 15.2 Å². The van der Waals surface area contributed by atoms with E-state index in [0.717, 1.165) is 24.7 Å². The summed E-state index contributed by atoms with van der Waals surface area (Å²) in [5.74, 6) is 1.70. The first-order chi connectivity index (χ1) is 9.25. The zero-order valence-corrected chi connectivity index (χ0v) is 12.1. The highest BCUT2D eigenvalue weighted by Gasteiger charge is 2.10. The van der Waals surface area contributed by atoms with Crippen LogP contribution in [-0.4, -0.2) is 42.2 Å². The Kier molecular flexibility index (Phi) is 5.45. The molecule has 0 amide bonds. The first-order valence-corrected chi connectivity index (χ1v) is 7.33. The van der Waals surface area contributed by atoms with Gasteiger partial charge in [-0.15, -0.1) is 0 Å². The SMILES string of the molecule is CC(C)Oc1cccnc1NCCN1CCCCC1. The molecule has 0 bridgehead atoms. The summed E-state index contributed by atoms with van der Waals surface area (Å²) in [4.78, 5) is 6.88. The van der Waals surface area contributed by atoms with Gasteiger partial charge in [-0.2, -0.15) is 0 Å². The van der Waals surface area contributed by atoms with Crippen molar-refractivity contribution in [1.29, 1.82) is 0 Å². The van der Waals surface area contributed by atoms with Crippen LogP contribution in [0.5, 0.6) is 5.75 Å². The number of rotatable bonds is 6. The van der Waals surface area contributed by atoms with Gasteiger partial charge in [-0.05, 0) is 51.9 Å². The third-order valence-corrected chi connectivity index (χ3v) is 3.30. The molecular formula is C15H25N3O. The van der Waals surface area contributed by atoms with Gasteiger partial charge in [0, 0.05) is 19.3 Å². The molecule has 0 aliphatic carbocycles. The Labute approximate surface area is 116 Å². The van der Waals surface area contributed by atoms with Crippen molar-refractivity contribution in [3.05, 3.63) is 18.3 Å². The van der Waals surface area contributed by atoms with Crippen molar-refractivity contribution >= 4 is 5.82 Å². The Morgan fingerprint density at radius 3 is 2.84 bits per heavy atom. The standard InChI is InChI=1S/C15H25N3O/c1-13(2)19-14-7-6-8-16-15(14)17-9-12-18-10-4-3-5-11-18/h6-8,13H,3-5,9-12H2,1-2H3,(H,16,17). The molecule has 0 saturated carbocycles. The molecule has 4 nitrogen and oxygen atoms in total. The smallest absolute Gasteiger partial charge is 0.168 e. The van der Waals surface area contributed by atoms with Gasteiger partial charge in [0.25, 0.3) is 0 Å². The average molecular weight is 263 g/mol. The molecule has 106 valence electrons. The molecule has 1 saturated heterocycles. The van der Waals surface area contributed by atoms with Gasteiger partial charge in [-0.25, -0.2) is 4.98 Å². The van der Waals surface area contributed by atoms with Crippen molar-refractivity contribution < 1.29 is 4.74 Å². The van der Waals surface area contributed by atoms with Crippen molar-refractivity contribution in [3.8, 4) is 5.75 Å². The van der Waals surface area contributed by atoms with Crippen LogP contribution in [0.1, 0.15) is 33.1 Å².